The average Bonchev–Trinajstić information content (AvgIpc) is 2.24. The van der Waals surface area contributed by atoms with Gasteiger partial charge in [-0.1, -0.05) is 26.7 Å². The highest BCUT2D eigenvalue weighted by Crippen LogP contribution is 2.24. The molecule has 1 N–H and O–H groups in total. The number of hydrogen-bond acceptors (Lipinski definition) is 2. The first-order valence-corrected chi connectivity index (χ1v) is 6.20. The summed E-state index contributed by atoms with van der Waals surface area (Å²) < 4.78 is 5.85. The van der Waals surface area contributed by atoms with Crippen LogP contribution in [0.1, 0.15) is 46.0 Å². The second kappa shape index (κ2) is 7.24. The number of ether oxygens (including phenoxy) is 1. The van der Waals surface area contributed by atoms with Gasteiger partial charge in [-0.3, -0.25) is 0 Å². The molecular weight excluding hydrogens is 174 g/mol. The fourth-order valence-electron chi connectivity index (χ4n) is 2.19. The molecule has 0 aromatic rings. The van der Waals surface area contributed by atoms with Crippen LogP contribution in [0.2, 0.25) is 0 Å². The number of unbranched alkanes of at least 4 members (excludes halogenated alkanes) is 1. The highest BCUT2D eigenvalue weighted by atomic mass is 16.5. The number of rotatable bonds is 6. The predicted molar refractivity (Wildman–Crippen MR) is 60.5 cm³/mol. The van der Waals surface area contributed by atoms with Crippen LogP contribution in [-0.2, 0) is 4.74 Å². The van der Waals surface area contributed by atoms with Crippen LogP contribution in [0.4, 0.5) is 0 Å². The van der Waals surface area contributed by atoms with E-state index in [2.05, 4.69) is 19.2 Å². The van der Waals surface area contributed by atoms with Gasteiger partial charge in [0.05, 0.1) is 6.10 Å². The lowest BCUT2D eigenvalue weighted by atomic mass is 9.91. The molecule has 2 nitrogen and oxygen atoms in total. The smallest absolute Gasteiger partial charge is 0.0615 e. The Morgan fingerprint density at radius 2 is 2.21 bits per heavy atom. The van der Waals surface area contributed by atoms with E-state index in [4.69, 9.17) is 4.74 Å². The van der Waals surface area contributed by atoms with Crippen molar-refractivity contribution in [1.29, 1.82) is 0 Å². The summed E-state index contributed by atoms with van der Waals surface area (Å²) >= 11 is 0. The summed E-state index contributed by atoms with van der Waals surface area (Å²) in [5.41, 5.74) is 0. The minimum atomic E-state index is 0.530. The van der Waals surface area contributed by atoms with Gasteiger partial charge in [0.2, 0.25) is 0 Å². The lowest BCUT2D eigenvalue weighted by Gasteiger charge is -2.32. The minimum Gasteiger partial charge on any atom is -0.378 e. The Balaban J connectivity index is 2.26. The third-order valence-corrected chi connectivity index (χ3v) is 3.08. The van der Waals surface area contributed by atoms with Crippen molar-refractivity contribution in [1.82, 2.24) is 5.32 Å². The fraction of sp³-hybridized carbons (Fsp3) is 1.00. The normalized spacial score (nSPS) is 27.9. The van der Waals surface area contributed by atoms with Crippen LogP contribution in [0.25, 0.3) is 0 Å². The summed E-state index contributed by atoms with van der Waals surface area (Å²) in [6.45, 7) is 7.63. The Morgan fingerprint density at radius 1 is 1.36 bits per heavy atom. The molecular formula is C12H25NO. The Bertz CT molecular complexity index is 122. The molecule has 0 aromatic heterocycles. The van der Waals surface area contributed by atoms with Crippen molar-refractivity contribution in [2.45, 2.75) is 52.1 Å². The molecule has 14 heavy (non-hydrogen) atoms. The van der Waals surface area contributed by atoms with Crippen LogP contribution >= 0.6 is 0 Å². The molecule has 0 aliphatic carbocycles. The summed E-state index contributed by atoms with van der Waals surface area (Å²) in [6.07, 6.45) is 6.98. The first-order valence-electron chi connectivity index (χ1n) is 6.20. The van der Waals surface area contributed by atoms with Crippen LogP contribution in [0.5, 0.6) is 0 Å². The highest BCUT2D eigenvalue weighted by Gasteiger charge is 2.24. The van der Waals surface area contributed by atoms with Gasteiger partial charge in [-0.2, -0.15) is 0 Å². The fourth-order valence-corrected chi connectivity index (χ4v) is 2.19. The van der Waals surface area contributed by atoms with Crippen molar-refractivity contribution in [3.8, 4) is 0 Å². The molecule has 0 saturated carbocycles. The molecule has 0 aromatic carbocycles. The lowest BCUT2D eigenvalue weighted by Crippen LogP contribution is -2.36. The Labute approximate surface area is 88.4 Å². The van der Waals surface area contributed by atoms with Gasteiger partial charge in [0.25, 0.3) is 0 Å². The van der Waals surface area contributed by atoms with Crippen LogP contribution in [0.15, 0.2) is 0 Å². The average molecular weight is 199 g/mol. The third-order valence-electron chi connectivity index (χ3n) is 3.08. The molecule has 0 radical (unpaired) electrons. The number of nitrogens with one attached hydrogen (secondary N) is 1. The SMILES string of the molecule is CCCCC1OCCCC1CNCC. The van der Waals surface area contributed by atoms with Crippen molar-refractivity contribution in [2.75, 3.05) is 19.7 Å². The summed E-state index contributed by atoms with van der Waals surface area (Å²) in [4.78, 5) is 0. The van der Waals surface area contributed by atoms with Gasteiger partial charge < -0.3 is 10.1 Å². The Hall–Kier alpha value is -0.0800. The maximum absolute atomic E-state index is 5.85. The molecule has 1 aliphatic heterocycles. The highest BCUT2D eigenvalue weighted by molar-refractivity contribution is 4.76. The van der Waals surface area contributed by atoms with Gasteiger partial charge in [0.1, 0.15) is 0 Å². The van der Waals surface area contributed by atoms with Crippen molar-refractivity contribution >= 4 is 0 Å². The monoisotopic (exact) mass is 199 g/mol. The van der Waals surface area contributed by atoms with E-state index in [-0.39, 0.29) is 0 Å². The quantitative estimate of drug-likeness (QED) is 0.710. The van der Waals surface area contributed by atoms with Crippen molar-refractivity contribution < 1.29 is 4.74 Å². The molecule has 2 unspecified atom stereocenters. The second-order valence-corrected chi connectivity index (χ2v) is 4.26. The van der Waals surface area contributed by atoms with E-state index in [1.165, 1.54) is 32.1 Å². The summed E-state index contributed by atoms with van der Waals surface area (Å²) in [5.74, 6) is 0.759. The molecule has 1 heterocycles. The maximum atomic E-state index is 5.85. The van der Waals surface area contributed by atoms with E-state index in [1.807, 2.05) is 0 Å². The third kappa shape index (κ3) is 3.97. The van der Waals surface area contributed by atoms with E-state index in [9.17, 15) is 0 Å². The van der Waals surface area contributed by atoms with Crippen LogP contribution < -0.4 is 5.32 Å². The largest absolute Gasteiger partial charge is 0.378 e. The van der Waals surface area contributed by atoms with Gasteiger partial charge in [-0.15, -0.1) is 0 Å². The van der Waals surface area contributed by atoms with Crippen LogP contribution in [0, 0.1) is 5.92 Å². The zero-order chi connectivity index (χ0) is 10.2. The van der Waals surface area contributed by atoms with Crippen LogP contribution in [0.3, 0.4) is 0 Å². The van der Waals surface area contributed by atoms with E-state index in [0.29, 0.717) is 6.10 Å². The van der Waals surface area contributed by atoms with Crippen molar-refractivity contribution in [3.63, 3.8) is 0 Å². The first kappa shape index (κ1) is 12.0. The molecule has 84 valence electrons. The summed E-state index contributed by atoms with van der Waals surface area (Å²) in [6, 6.07) is 0. The van der Waals surface area contributed by atoms with Crippen LogP contribution in [-0.4, -0.2) is 25.8 Å². The lowest BCUT2D eigenvalue weighted by molar-refractivity contribution is -0.0310. The van der Waals surface area contributed by atoms with Gasteiger partial charge in [-0.25, -0.2) is 0 Å². The number of hydrogen-bond donors (Lipinski definition) is 1. The Morgan fingerprint density at radius 3 is 2.93 bits per heavy atom. The zero-order valence-corrected chi connectivity index (χ0v) is 9.72. The molecule has 1 rings (SSSR count). The molecule has 2 heteroatoms. The topological polar surface area (TPSA) is 21.3 Å². The molecule has 1 aliphatic rings. The molecule has 1 fully saturated rings. The summed E-state index contributed by atoms with van der Waals surface area (Å²) in [5, 5.41) is 3.44. The van der Waals surface area contributed by atoms with Gasteiger partial charge in [0.15, 0.2) is 0 Å². The van der Waals surface area contributed by atoms with Crippen molar-refractivity contribution in [3.05, 3.63) is 0 Å². The van der Waals surface area contributed by atoms with Gasteiger partial charge in [0, 0.05) is 13.2 Å². The second-order valence-electron chi connectivity index (χ2n) is 4.26. The summed E-state index contributed by atoms with van der Waals surface area (Å²) in [7, 11) is 0. The van der Waals surface area contributed by atoms with Gasteiger partial charge in [-0.05, 0) is 31.7 Å². The zero-order valence-electron chi connectivity index (χ0n) is 9.72. The van der Waals surface area contributed by atoms with E-state index in [0.717, 1.165) is 25.6 Å². The molecule has 1 saturated heterocycles. The Kier molecular flexibility index (Phi) is 6.20. The predicted octanol–water partition coefficient (Wildman–Crippen LogP) is 2.58. The van der Waals surface area contributed by atoms with E-state index in [1.54, 1.807) is 0 Å². The standard InChI is InChI=1S/C12H25NO/c1-3-5-8-12-11(10-13-4-2)7-6-9-14-12/h11-13H,3-10H2,1-2H3. The molecule has 0 bridgehead atoms. The van der Waals surface area contributed by atoms with Gasteiger partial charge >= 0.3 is 0 Å². The maximum Gasteiger partial charge on any atom is 0.0615 e. The molecule has 0 spiro atoms. The van der Waals surface area contributed by atoms with E-state index < -0.39 is 0 Å². The molecule has 2 atom stereocenters. The van der Waals surface area contributed by atoms with Crippen molar-refractivity contribution in [2.24, 2.45) is 5.92 Å². The minimum absolute atomic E-state index is 0.530. The molecule has 0 amide bonds. The first-order chi connectivity index (χ1) is 6.88. The van der Waals surface area contributed by atoms with E-state index >= 15 is 0 Å².